The van der Waals surface area contributed by atoms with Gasteiger partial charge in [0.25, 0.3) is 0 Å². The molecular weight excluding hydrogens is 306 g/mol. The molecular formula is C16H16ClNO2S. The summed E-state index contributed by atoms with van der Waals surface area (Å²) in [5, 5.41) is 4.70. The summed E-state index contributed by atoms with van der Waals surface area (Å²) in [5.41, 5.74) is 3.12. The van der Waals surface area contributed by atoms with E-state index in [1.807, 2.05) is 23.6 Å². The van der Waals surface area contributed by atoms with Crippen LogP contribution in [-0.4, -0.2) is 13.0 Å². The van der Waals surface area contributed by atoms with E-state index < -0.39 is 0 Å². The van der Waals surface area contributed by atoms with Crippen molar-refractivity contribution in [2.24, 2.45) is 0 Å². The number of methoxy groups -OCH3 is 1. The van der Waals surface area contributed by atoms with E-state index in [0.717, 1.165) is 40.3 Å². The fourth-order valence-corrected chi connectivity index (χ4v) is 3.70. The maximum Gasteiger partial charge on any atom is 0.224 e. The summed E-state index contributed by atoms with van der Waals surface area (Å²) < 4.78 is 5.20. The number of carbonyl (C=O) groups excluding carboxylic acids is 1. The molecule has 1 aliphatic rings. The van der Waals surface area contributed by atoms with Crippen LogP contribution >= 0.6 is 22.9 Å². The molecule has 1 N–H and O–H groups in total. The molecule has 1 aromatic carbocycles. The highest BCUT2D eigenvalue weighted by Crippen LogP contribution is 2.37. The fourth-order valence-electron chi connectivity index (χ4n) is 2.49. The van der Waals surface area contributed by atoms with Crippen LogP contribution in [0.1, 0.15) is 34.2 Å². The molecule has 2 heterocycles. The van der Waals surface area contributed by atoms with Gasteiger partial charge in [0.15, 0.2) is 0 Å². The van der Waals surface area contributed by atoms with Crippen molar-refractivity contribution in [3.8, 4) is 5.75 Å². The monoisotopic (exact) mass is 321 g/mol. The van der Waals surface area contributed by atoms with Gasteiger partial charge in [-0.2, -0.15) is 0 Å². The molecule has 1 amide bonds. The molecule has 0 radical (unpaired) electrons. The standard InChI is InChI=1S/C16H16ClNO2S/c1-20-12-8-14(21-9-12)16(17)11-5-6-13-10(7-11)3-2-4-15(19)18-13/h5-9,16H,2-4H2,1H3,(H,18,19). The van der Waals surface area contributed by atoms with Crippen LogP contribution in [0.15, 0.2) is 29.6 Å². The predicted molar refractivity (Wildman–Crippen MR) is 86.6 cm³/mol. The number of carbonyl (C=O) groups is 1. The number of amides is 1. The number of ether oxygens (including phenoxy) is 1. The largest absolute Gasteiger partial charge is 0.496 e. The van der Waals surface area contributed by atoms with Crippen molar-refractivity contribution < 1.29 is 9.53 Å². The third-order valence-electron chi connectivity index (χ3n) is 3.63. The van der Waals surface area contributed by atoms with Gasteiger partial charge in [0.05, 0.1) is 12.5 Å². The van der Waals surface area contributed by atoms with Gasteiger partial charge in [-0.1, -0.05) is 12.1 Å². The number of hydrogen-bond acceptors (Lipinski definition) is 3. The van der Waals surface area contributed by atoms with Gasteiger partial charge < -0.3 is 10.1 Å². The Morgan fingerprint density at radius 3 is 2.95 bits per heavy atom. The number of benzene rings is 1. The quantitative estimate of drug-likeness (QED) is 0.853. The number of aryl methyl sites for hydroxylation is 1. The first-order valence-electron chi connectivity index (χ1n) is 6.86. The first-order valence-corrected chi connectivity index (χ1v) is 8.18. The summed E-state index contributed by atoms with van der Waals surface area (Å²) >= 11 is 8.17. The van der Waals surface area contributed by atoms with E-state index >= 15 is 0 Å². The average molecular weight is 322 g/mol. The van der Waals surface area contributed by atoms with Gasteiger partial charge in [-0.3, -0.25) is 4.79 Å². The second kappa shape index (κ2) is 6.08. The number of hydrogen-bond donors (Lipinski definition) is 1. The smallest absolute Gasteiger partial charge is 0.224 e. The Morgan fingerprint density at radius 2 is 2.19 bits per heavy atom. The van der Waals surface area contributed by atoms with E-state index in [4.69, 9.17) is 16.3 Å². The number of nitrogens with one attached hydrogen (secondary N) is 1. The molecule has 1 atom stereocenters. The van der Waals surface area contributed by atoms with Crippen molar-refractivity contribution in [1.29, 1.82) is 0 Å². The summed E-state index contributed by atoms with van der Waals surface area (Å²) in [5.74, 6) is 0.926. The van der Waals surface area contributed by atoms with Gasteiger partial charge in [0.1, 0.15) is 5.75 Å². The molecule has 0 fully saturated rings. The highest BCUT2D eigenvalue weighted by Gasteiger charge is 2.18. The van der Waals surface area contributed by atoms with Gasteiger partial charge in [-0.15, -0.1) is 22.9 Å². The number of anilines is 1. The summed E-state index contributed by atoms with van der Waals surface area (Å²) in [7, 11) is 1.65. The topological polar surface area (TPSA) is 38.3 Å². The third kappa shape index (κ3) is 3.06. The van der Waals surface area contributed by atoms with Gasteiger partial charge in [0.2, 0.25) is 5.91 Å². The molecule has 1 unspecified atom stereocenters. The minimum Gasteiger partial charge on any atom is -0.496 e. The maximum absolute atomic E-state index is 11.6. The lowest BCUT2D eigenvalue weighted by Gasteiger charge is -2.12. The van der Waals surface area contributed by atoms with Crippen molar-refractivity contribution in [2.75, 3.05) is 12.4 Å². The summed E-state index contributed by atoms with van der Waals surface area (Å²) in [6, 6.07) is 8.00. The van der Waals surface area contributed by atoms with E-state index in [9.17, 15) is 4.79 Å². The predicted octanol–water partition coefficient (Wildman–Crippen LogP) is 4.36. The maximum atomic E-state index is 11.6. The Balaban J connectivity index is 1.89. The minimum absolute atomic E-state index is 0.0897. The van der Waals surface area contributed by atoms with Gasteiger partial charge in [-0.05, 0) is 36.1 Å². The van der Waals surface area contributed by atoms with Crippen LogP contribution in [0.25, 0.3) is 0 Å². The molecule has 3 rings (SSSR count). The Hall–Kier alpha value is -1.52. The molecule has 21 heavy (non-hydrogen) atoms. The van der Waals surface area contributed by atoms with Crippen molar-refractivity contribution in [2.45, 2.75) is 24.6 Å². The van der Waals surface area contributed by atoms with Crippen LogP contribution in [0.3, 0.4) is 0 Å². The molecule has 0 bridgehead atoms. The normalized spacial score (nSPS) is 15.8. The molecule has 0 saturated carbocycles. The molecule has 1 aliphatic heterocycles. The number of fused-ring (bicyclic) bond motifs is 1. The zero-order valence-corrected chi connectivity index (χ0v) is 13.3. The van der Waals surface area contributed by atoms with Crippen molar-refractivity contribution in [3.63, 3.8) is 0 Å². The Morgan fingerprint density at radius 1 is 1.33 bits per heavy atom. The SMILES string of the molecule is COc1csc(C(Cl)c2ccc3c(c2)CCCC(=O)N3)c1. The summed E-state index contributed by atoms with van der Waals surface area (Å²) in [4.78, 5) is 12.6. The Bertz CT molecular complexity index is 668. The molecule has 0 spiro atoms. The average Bonchev–Trinajstić information content (AvgIpc) is 2.89. The van der Waals surface area contributed by atoms with E-state index in [-0.39, 0.29) is 11.3 Å². The number of rotatable bonds is 3. The Labute approximate surface area is 132 Å². The van der Waals surface area contributed by atoms with E-state index in [2.05, 4.69) is 11.4 Å². The number of halogens is 1. The van der Waals surface area contributed by atoms with Gasteiger partial charge in [-0.25, -0.2) is 0 Å². The van der Waals surface area contributed by atoms with Crippen LogP contribution in [0.5, 0.6) is 5.75 Å². The second-order valence-electron chi connectivity index (χ2n) is 5.07. The van der Waals surface area contributed by atoms with Crippen LogP contribution in [0.2, 0.25) is 0 Å². The molecule has 3 nitrogen and oxygen atoms in total. The molecule has 2 aromatic rings. The zero-order chi connectivity index (χ0) is 14.8. The molecule has 1 aromatic heterocycles. The van der Waals surface area contributed by atoms with Gasteiger partial charge >= 0.3 is 0 Å². The summed E-state index contributed by atoms with van der Waals surface area (Å²) in [6.45, 7) is 0. The molecule has 0 saturated heterocycles. The molecule has 110 valence electrons. The van der Waals surface area contributed by atoms with Crippen molar-refractivity contribution in [1.82, 2.24) is 0 Å². The van der Waals surface area contributed by atoms with E-state index in [1.54, 1.807) is 18.4 Å². The van der Waals surface area contributed by atoms with E-state index in [0.29, 0.717) is 6.42 Å². The molecule has 5 heteroatoms. The lowest BCUT2D eigenvalue weighted by Crippen LogP contribution is -2.09. The van der Waals surface area contributed by atoms with Crippen LogP contribution in [0.4, 0.5) is 5.69 Å². The van der Waals surface area contributed by atoms with Crippen LogP contribution in [-0.2, 0) is 11.2 Å². The molecule has 0 aliphatic carbocycles. The van der Waals surface area contributed by atoms with E-state index in [1.165, 1.54) is 0 Å². The second-order valence-corrected chi connectivity index (χ2v) is 6.45. The number of alkyl halides is 1. The first-order chi connectivity index (χ1) is 10.2. The zero-order valence-electron chi connectivity index (χ0n) is 11.7. The summed E-state index contributed by atoms with van der Waals surface area (Å²) in [6.07, 6.45) is 2.36. The fraction of sp³-hybridized carbons (Fsp3) is 0.312. The van der Waals surface area contributed by atoms with Crippen molar-refractivity contribution >= 4 is 34.5 Å². The van der Waals surface area contributed by atoms with Crippen LogP contribution < -0.4 is 10.1 Å². The first kappa shape index (κ1) is 14.4. The third-order valence-corrected chi connectivity index (χ3v) is 5.22. The number of thiophene rings is 1. The highest BCUT2D eigenvalue weighted by molar-refractivity contribution is 7.10. The lowest BCUT2D eigenvalue weighted by atomic mass is 10.0. The van der Waals surface area contributed by atoms with Gasteiger partial charge in [0, 0.05) is 22.4 Å². The highest BCUT2D eigenvalue weighted by atomic mass is 35.5. The minimum atomic E-state index is -0.192. The lowest BCUT2D eigenvalue weighted by molar-refractivity contribution is -0.116. The van der Waals surface area contributed by atoms with Crippen molar-refractivity contribution in [3.05, 3.63) is 45.6 Å². The Kier molecular flexibility index (Phi) is 4.17. The van der Waals surface area contributed by atoms with Crippen LogP contribution in [0, 0.1) is 0 Å².